The van der Waals surface area contributed by atoms with E-state index < -0.39 is 0 Å². The standard InChI is InChI=1S/C6H4N3.U/c1-2-4-6-5(3-1)7-9-8-6;/h1-4H;/q-1;. The first kappa shape index (κ1) is 7.78. The molecule has 1 aromatic heterocycles. The molecule has 0 radical (unpaired) electrons. The second-order valence-electron chi connectivity index (χ2n) is 1.78. The van der Waals surface area contributed by atoms with Crippen LogP contribution in [0.15, 0.2) is 24.3 Å². The molecule has 48 valence electrons. The Morgan fingerprint density at radius 3 is 2.80 bits per heavy atom. The van der Waals surface area contributed by atoms with Gasteiger partial charge in [0, 0.05) is 31.1 Å². The summed E-state index contributed by atoms with van der Waals surface area (Å²) < 4.78 is 0. The van der Waals surface area contributed by atoms with Gasteiger partial charge in [-0.15, -0.1) is 0 Å². The zero-order valence-corrected chi connectivity index (χ0v) is 9.31. The molecular formula is C6H4N3U-. The first-order valence-electron chi connectivity index (χ1n) is 2.67. The summed E-state index contributed by atoms with van der Waals surface area (Å²) in [5.74, 6) is 0. The van der Waals surface area contributed by atoms with Gasteiger partial charge in [-0.3, -0.25) is 5.21 Å². The van der Waals surface area contributed by atoms with Crippen molar-refractivity contribution in [1.29, 1.82) is 0 Å². The summed E-state index contributed by atoms with van der Waals surface area (Å²) in [5, 5.41) is 11.0. The monoisotopic (exact) mass is 356 g/mol. The van der Waals surface area contributed by atoms with E-state index in [4.69, 9.17) is 0 Å². The molecule has 0 saturated heterocycles. The van der Waals surface area contributed by atoms with Crippen LogP contribution in [0.1, 0.15) is 0 Å². The van der Waals surface area contributed by atoms with Crippen molar-refractivity contribution in [2.75, 3.05) is 0 Å². The Labute approximate surface area is 81.6 Å². The van der Waals surface area contributed by atoms with Gasteiger partial charge >= 0.3 is 0 Å². The minimum Gasteiger partial charge on any atom is -0.350 e. The Kier molecular flexibility index (Phi) is 2.47. The molecule has 1 heterocycles. The third-order valence-corrected chi connectivity index (χ3v) is 1.19. The topological polar surface area (TPSA) is 39.9 Å². The van der Waals surface area contributed by atoms with E-state index in [-0.39, 0.29) is 31.1 Å². The number of hydrogen-bond donors (Lipinski definition) is 0. The minimum atomic E-state index is 0. The largest absolute Gasteiger partial charge is 0.350 e. The van der Waals surface area contributed by atoms with E-state index in [2.05, 4.69) is 15.4 Å². The fourth-order valence-corrected chi connectivity index (χ4v) is 0.752. The van der Waals surface area contributed by atoms with Crippen molar-refractivity contribution in [2.24, 2.45) is 0 Å². The molecule has 0 spiro atoms. The van der Waals surface area contributed by atoms with Crippen LogP contribution < -0.4 is 5.10 Å². The number of hydrogen-bond acceptors (Lipinski definition) is 2. The normalized spacial score (nSPS) is 9.20. The first-order valence-corrected chi connectivity index (χ1v) is 2.67. The van der Waals surface area contributed by atoms with Crippen molar-refractivity contribution in [3.63, 3.8) is 0 Å². The summed E-state index contributed by atoms with van der Waals surface area (Å²) in [6, 6.07) is 7.60. The maximum absolute atomic E-state index is 3.76. The van der Waals surface area contributed by atoms with Crippen molar-refractivity contribution in [3.8, 4) is 0 Å². The minimum absolute atomic E-state index is 0. The van der Waals surface area contributed by atoms with Crippen molar-refractivity contribution < 1.29 is 31.1 Å². The van der Waals surface area contributed by atoms with Crippen molar-refractivity contribution >= 4 is 11.0 Å². The van der Waals surface area contributed by atoms with E-state index in [0.29, 0.717) is 0 Å². The van der Waals surface area contributed by atoms with Crippen LogP contribution in [0.2, 0.25) is 0 Å². The molecule has 0 amide bonds. The van der Waals surface area contributed by atoms with Gasteiger partial charge in [0.25, 0.3) is 0 Å². The molecule has 0 fully saturated rings. The smallest absolute Gasteiger partial charge is 0 e. The second-order valence-corrected chi connectivity index (χ2v) is 1.78. The quantitative estimate of drug-likeness (QED) is 0.694. The predicted molar refractivity (Wildman–Crippen MR) is 32.9 cm³/mol. The fraction of sp³-hybridized carbons (Fsp3) is 0. The molecule has 1 aromatic carbocycles. The molecular weight excluding hydrogens is 352 g/mol. The molecule has 0 atom stereocenters. The fourth-order valence-electron chi connectivity index (χ4n) is 0.752. The molecule has 0 saturated carbocycles. The number of nitrogens with zero attached hydrogens (tertiary/aromatic N) is 3. The van der Waals surface area contributed by atoms with Crippen molar-refractivity contribution in [3.05, 3.63) is 24.3 Å². The van der Waals surface area contributed by atoms with Crippen LogP contribution in [0.4, 0.5) is 0 Å². The molecule has 2 aromatic rings. The van der Waals surface area contributed by atoms with Gasteiger partial charge in [-0.25, -0.2) is 0 Å². The van der Waals surface area contributed by atoms with E-state index in [1.54, 1.807) is 0 Å². The van der Waals surface area contributed by atoms with Crippen LogP contribution >= 0.6 is 0 Å². The molecule has 0 aliphatic rings. The summed E-state index contributed by atoms with van der Waals surface area (Å²) in [5.41, 5.74) is 1.72. The first-order chi connectivity index (χ1) is 4.47. The molecule has 4 heteroatoms. The molecule has 0 unspecified atom stereocenters. The molecule has 0 bridgehead atoms. The number of fused-ring (bicyclic) bond motifs is 1. The van der Waals surface area contributed by atoms with Gasteiger partial charge in [0.05, 0.1) is 0 Å². The predicted octanol–water partition coefficient (Wildman–Crippen LogP) is 0.587. The molecule has 3 nitrogen and oxygen atoms in total. The van der Waals surface area contributed by atoms with Crippen molar-refractivity contribution in [2.45, 2.75) is 0 Å². The van der Waals surface area contributed by atoms with Crippen LogP contribution in [0, 0.1) is 31.1 Å². The number of benzene rings is 1. The van der Waals surface area contributed by atoms with Crippen molar-refractivity contribution in [1.82, 2.24) is 15.4 Å². The average molecular weight is 356 g/mol. The van der Waals surface area contributed by atoms with E-state index >= 15 is 0 Å². The van der Waals surface area contributed by atoms with Gasteiger partial charge in [-0.1, -0.05) is 24.3 Å². The zero-order chi connectivity index (χ0) is 6.10. The van der Waals surface area contributed by atoms with Crippen LogP contribution in [0.5, 0.6) is 0 Å². The van der Waals surface area contributed by atoms with Gasteiger partial charge in [-0.05, 0) is 11.0 Å². The summed E-state index contributed by atoms with van der Waals surface area (Å²) in [6.45, 7) is 0. The Bertz CT molecular complexity index is 287. The third kappa shape index (κ3) is 1.23. The molecule has 2 rings (SSSR count). The molecule has 0 N–H and O–H groups in total. The Balaban J connectivity index is 0.000000500. The van der Waals surface area contributed by atoms with E-state index in [0.717, 1.165) is 11.0 Å². The van der Waals surface area contributed by atoms with Gasteiger partial charge < -0.3 is 10.2 Å². The maximum Gasteiger partial charge on any atom is 0 e. The summed E-state index contributed by atoms with van der Waals surface area (Å²) in [4.78, 5) is 0. The Morgan fingerprint density at radius 2 is 2.00 bits per heavy atom. The molecule has 10 heavy (non-hydrogen) atoms. The number of aromatic nitrogens is 3. The number of rotatable bonds is 0. The molecule has 0 aliphatic heterocycles. The molecule has 0 aliphatic carbocycles. The van der Waals surface area contributed by atoms with Crippen LogP contribution in [0.25, 0.3) is 11.0 Å². The SMILES string of the molecule is [U].c1ccc2[n-]nnc2c1. The van der Waals surface area contributed by atoms with E-state index in [1.807, 2.05) is 24.3 Å². The summed E-state index contributed by atoms with van der Waals surface area (Å²) in [7, 11) is 0. The zero-order valence-electron chi connectivity index (χ0n) is 5.15. The van der Waals surface area contributed by atoms with Crippen LogP contribution in [-0.2, 0) is 0 Å². The van der Waals surface area contributed by atoms with Gasteiger partial charge in [-0.2, -0.15) is 0 Å². The van der Waals surface area contributed by atoms with Gasteiger partial charge in [0.1, 0.15) is 0 Å². The van der Waals surface area contributed by atoms with Gasteiger partial charge in [0.2, 0.25) is 0 Å². The third-order valence-electron chi connectivity index (χ3n) is 1.19. The van der Waals surface area contributed by atoms with Crippen LogP contribution in [0.3, 0.4) is 0 Å². The van der Waals surface area contributed by atoms with E-state index in [9.17, 15) is 0 Å². The summed E-state index contributed by atoms with van der Waals surface area (Å²) in [6.07, 6.45) is 0. The van der Waals surface area contributed by atoms with E-state index in [1.165, 1.54) is 0 Å². The Morgan fingerprint density at radius 1 is 1.20 bits per heavy atom. The summed E-state index contributed by atoms with van der Waals surface area (Å²) >= 11 is 0. The Hall–Kier alpha value is -0.328. The van der Waals surface area contributed by atoms with Crippen LogP contribution in [-0.4, -0.2) is 10.3 Å². The average Bonchev–Trinajstić information content (AvgIpc) is 2.33. The maximum atomic E-state index is 3.76. The second kappa shape index (κ2) is 3.18. The van der Waals surface area contributed by atoms with Gasteiger partial charge in [0.15, 0.2) is 0 Å².